The summed E-state index contributed by atoms with van der Waals surface area (Å²) < 4.78 is 2.02. The Kier molecular flexibility index (Phi) is 4.81. The molecule has 1 heterocycles. The summed E-state index contributed by atoms with van der Waals surface area (Å²) in [7, 11) is 0. The van der Waals surface area contributed by atoms with Crippen LogP contribution in [0.25, 0.3) is 0 Å². The predicted molar refractivity (Wildman–Crippen MR) is 75.6 cm³/mol. The molecular weight excluding hydrogens is 222 g/mol. The van der Waals surface area contributed by atoms with E-state index in [2.05, 4.69) is 37.4 Å². The van der Waals surface area contributed by atoms with Crippen molar-refractivity contribution in [2.24, 2.45) is 11.8 Å². The van der Waals surface area contributed by atoms with Crippen molar-refractivity contribution < 1.29 is 0 Å². The largest absolute Gasteiger partial charge is 0.314 e. The molecule has 2 rings (SSSR count). The third-order valence-corrected chi connectivity index (χ3v) is 3.61. The summed E-state index contributed by atoms with van der Waals surface area (Å²) in [6.07, 6.45) is 9.46. The van der Waals surface area contributed by atoms with Crippen LogP contribution < -0.4 is 5.32 Å². The fourth-order valence-corrected chi connectivity index (χ4v) is 2.54. The number of nitrogens with one attached hydrogen (secondary N) is 1. The van der Waals surface area contributed by atoms with Gasteiger partial charge in [0.25, 0.3) is 0 Å². The molecule has 1 atom stereocenters. The molecule has 3 nitrogen and oxygen atoms in total. The lowest BCUT2D eigenvalue weighted by atomic mass is 9.92. The monoisotopic (exact) mass is 249 g/mol. The zero-order chi connectivity index (χ0) is 13.0. The minimum absolute atomic E-state index is 0.750. The van der Waals surface area contributed by atoms with Crippen molar-refractivity contribution in [3.05, 3.63) is 18.0 Å². The molecule has 0 saturated heterocycles. The first-order valence-corrected chi connectivity index (χ1v) is 7.42. The Morgan fingerprint density at radius 3 is 2.78 bits per heavy atom. The topological polar surface area (TPSA) is 29.9 Å². The molecule has 1 aromatic heterocycles. The summed E-state index contributed by atoms with van der Waals surface area (Å²) in [4.78, 5) is 0. The summed E-state index contributed by atoms with van der Waals surface area (Å²) in [5.41, 5.74) is 1.39. The molecule has 1 N–H and O–H groups in total. The van der Waals surface area contributed by atoms with Gasteiger partial charge in [0.05, 0.1) is 6.20 Å². The molecule has 1 aromatic rings. The summed E-state index contributed by atoms with van der Waals surface area (Å²) in [6, 6.07) is 0.818. The predicted octanol–water partition coefficient (Wildman–Crippen LogP) is 2.86. The van der Waals surface area contributed by atoms with E-state index < -0.39 is 0 Å². The van der Waals surface area contributed by atoms with Crippen LogP contribution in [0.15, 0.2) is 12.4 Å². The fourth-order valence-electron chi connectivity index (χ4n) is 2.54. The van der Waals surface area contributed by atoms with E-state index in [9.17, 15) is 0 Å². The highest BCUT2D eigenvalue weighted by Gasteiger charge is 2.22. The third kappa shape index (κ3) is 4.45. The zero-order valence-corrected chi connectivity index (χ0v) is 12.0. The molecule has 18 heavy (non-hydrogen) atoms. The maximum atomic E-state index is 4.37. The highest BCUT2D eigenvalue weighted by atomic mass is 15.3. The average molecular weight is 249 g/mol. The standard InChI is InChI=1S/C15H27N3/c1-4-18-11-14(10-17-18)8-13(7-12(2)3)9-16-15-5-6-15/h10-13,15-16H,4-9H2,1-3H3. The lowest BCUT2D eigenvalue weighted by molar-refractivity contribution is 0.384. The third-order valence-electron chi connectivity index (χ3n) is 3.61. The second-order valence-electron chi connectivity index (χ2n) is 6.09. The van der Waals surface area contributed by atoms with E-state index in [1.54, 1.807) is 0 Å². The Hall–Kier alpha value is -0.830. The quantitative estimate of drug-likeness (QED) is 0.768. The minimum atomic E-state index is 0.750. The lowest BCUT2D eigenvalue weighted by Gasteiger charge is -2.19. The molecule has 1 fully saturated rings. The van der Waals surface area contributed by atoms with Gasteiger partial charge in [-0.05, 0) is 56.6 Å². The van der Waals surface area contributed by atoms with Gasteiger partial charge >= 0.3 is 0 Å². The molecule has 0 aliphatic heterocycles. The molecule has 0 bridgehead atoms. The first-order valence-electron chi connectivity index (χ1n) is 7.42. The second kappa shape index (κ2) is 6.37. The van der Waals surface area contributed by atoms with Gasteiger partial charge in [-0.1, -0.05) is 13.8 Å². The van der Waals surface area contributed by atoms with Crippen molar-refractivity contribution in [1.29, 1.82) is 0 Å². The minimum Gasteiger partial charge on any atom is -0.314 e. The van der Waals surface area contributed by atoms with Gasteiger partial charge < -0.3 is 5.32 Å². The van der Waals surface area contributed by atoms with E-state index in [0.717, 1.165) is 30.8 Å². The van der Waals surface area contributed by atoms with Gasteiger partial charge in [0.2, 0.25) is 0 Å². The summed E-state index contributed by atoms with van der Waals surface area (Å²) >= 11 is 0. The molecule has 0 radical (unpaired) electrons. The van der Waals surface area contributed by atoms with Gasteiger partial charge in [-0.2, -0.15) is 5.10 Å². The van der Waals surface area contributed by atoms with E-state index in [1.165, 1.54) is 31.4 Å². The highest BCUT2D eigenvalue weighted by molar-refractivity contribution is 5.05. The number of hydrogen-bond donors (Lipinski definition) is 1. The molecule has 1 aliphatic carbocycles. The number of aromatic nitrogens is 2. The van der Waals surface area contributed by atoms with Gasteiger partial charge in [0, 0.05) is 18.8 Å². The number of hydrogen-bond acceptors (Lipinski definition) is 2. The van der Waals surface area contributed by atoms with E-state index in [4.69, 9.17) is 0 Å². The fraction of sp³-hybridized carbons (Fsp3) is 0.800. The number of aryl methyl sites for hydroxylation is 1. The Labute approximate surface area is 111 Å². The van der Waals surface area contributed by atoms with Crippen molar-refractivity contribution in [2.45, 2.75) is 59.0 Å². The van der Waals surface area contributed by atoms with Gasteiger partial charge in [-0.15, -0.1) is 0 Å². The van der Waals surface area contributed by atoms with Crippen molar-refractivity contribution in [3.8, 4) is 0 Å². The van der Waals surface area contributed by atoms with Crippen LogP contribution in [0.5, 0.6) is 0 Å². The first-order chi connectivity index (χ1) is 8.67. The van der Waals surface area contributed by atoms with E-state index in [1.807, 2.05) is 10.9 Å². The van der Waals surface area contributed by atoms with Crippen LogP contribution in [0.2, 0.25) is 0 Å². The average Bonchev–Trinajstić information content (AvgIpc) is 3.05. The van der Waals surface area contributed by atoms with Crippen LogP contribution in [0.3, 0.4) is 0 Å². The van der Waals surface area contributed by atoms with Crippen LogP contribution in [-0.2, 0) is 13.0 Å². The highest BCUT2D eigenvalue weighted by Crippen LogP contribution is 2.21. The molecular formula is C15H27N3. The van der Waals surface area contributed by atoms with Crippen LogP contribution in [0, 0.1) is 11.8 Å². The molecule has 1 aliphatic rings. The van der Waals surface area contributed by atoms with Crippen LogP contribution in [-0.4, -0.2) is 22.4 Å². The van der Waals surface area contributed by atoms with Crippen molar-refractivity contribution in [2.75, 3.05) is 6.54 Å². The Morgan fingerprint density at radius 2 is 2.22 bits per heavy atom. The Morgan fingerprint density at radius 1 is 1.44 bits per heavy atom. The molecule has 1 unspecified atom stereocenters. The Balaban J connectivity index is 1.85. The van der Waals surface area contributed by atoms with Gasteiger partial charge in [0.15, 0.2) is 0 Å². The normalized spacial score (nSPS) is 17.3. The zero-order valence-electron chi connectivity index (χ0n) is 12.0. The summed E-state index contributed by atoms with van der Waals surface area (Å²) in [5, 5.41) is 8.05. The maximum absolute atomic E-state index is 4.37. The van der Waals surface area contributed by atoms with Crippen molar-refractivity contribution in [3.63, 3.8) is 0 Å². The van der Waals surface area contributed by atoms with Crippen molar-refractivity contribution >= 4 is 0 Å². The van der Waals surface area contributed by atoms with E-state index in [-0.39, 0.29) is 0 Å². The van der Waals surface area contributed by atoms with Crippen LogP contribution >= 0.6 is 0 Å². The van der Waals surface area contributed by atoms with Crippen LogP contribution in [0.1, 0.15) is 45.6 Å². The molecule has 0 aromatic carbocycles. The molecule has 1 saturated carbocycles. The molecule has 0 spiro atoms. The van der Waals surface area contributed by atoms with Crippen LogP contribution in [0.4, 0.5) is 0 Å². The SMILES string of the molecule is CCn1cc(CC(CNC2CC2)CC(C)C)cn1. The maximum Gasteiger partial charge on any atom is 0.0521 e. The number of nitrogens with zero attached hydrogens (tertiary/aromatic N) is 2. The Bertz CT molecular complexity index is 352. The summed E-state index contributed by atoms with van der Waals surface area (Å²) in [6.45, 7) is 8.91. The van der Waals surface area contributed by atoms with E-state index >= 15 is 0 Å². The molecule has 102 valence electrons. The van der Waals surface area contributed by atoms with E-state index in [0.29, 0.717) is 0 Å². The van der Waals surface area contributed by atoms with Gasteiger partial charge in [0.1, 0.15) is 0 Å². The summed E-state index contributed by atoms with van der Waals surface area (Å²) in [5.74, 6) is 1.53. The first kappa shape index (κ1) is 13.6. The number of rotatable bonds is 8. The lowest BCUT2D eigenvalue weighted by Crippen LogP contribution is -2.27. The molecule has 0 amide bonds. The smallest absolute Gasteiger partial charge is 0.0521 e. The van der Waals surface area contributed by atoms with Gasteiger partial charge in [-0.25, -0.2) is 0 Å². The second-order valence-corrected chi connectivity index (χ2v) is 6.09. The van der Waals surface area contributed by atoms with Gasteiger partial charge in [-0.3, -0.25) is 4.68 Å². The molecule has 3 heteroatoms. The van der Waals surface area contributed by atoms with Crippen molar-refractivity contribution in [1.82, 2.24) is 15.1 Å².